The molecule has 1 aliphatic rings. The molecule has 0 aromatic carbocycles. The van der Waals surface area contributed by atoms with E-state index in [1.54, 1.807) is 0 Å². The van der Waals surface area contributed by atoms with E-state index >= 15 is 0 Å². The molecule has 18 heavy (non-hydrogen) atoms. The molecule has 1 fully saturated rings. The Labute approximate surface area is 115 Å². The predicted octanol–water partition coefficient (Wildman–Crippen LogP) is 3.27. The van der Waals surface area contributed by atoms with Crippen LogP contribution in [0.2, 0.25) is 0 Å². The van der Waals surface area contributed by atoms with E-state index in [1.165, 1.54) is 43.6 Å². The highest BCUT2D eigenvalue weighted by Crippen LogP contribution is 2.18. The molecule has 1 aromatic heterocycles. The van der Waals surface area contributed by atoms with Gasteiger partial charge < -0.3 is 5.32 Å². The van der Waals surface area contributed by atoms with Gasteiger partial charge in [-0.2, -0.15) is 11.3 Å². The summed E-state index contributed by atoms with van der Waals surface area (Å²) in [6.45, 7) is 11.6. The van der Waals surface area contributed by atoms with Crippen molar-refractivity contribution in [3.63, 3.8) is 0 Å². The number of thiophene rings is 1. The number of hydrogen-bond acceptors (Lipinski definition) is 3. The van der Waals surface area contributed by atoms with Crippen LogP contribution in [0.25, 0.3) is 0 Å². The van der Waals surface area contributed by atoms with Gasteiger partial charge in [-0.25, -0.2) is 0 Å². The van der Waals surface area contributed by atoms with Crippen LogP contribution in [0.15, 0.2) is 10.8 Å². The first-order valence-electron chi connectivity index (χ1n) is 7.18. The molecule has 1 N–H and O–H groups in total. The van der Waals surface area contributed by atoms with Crippen molar-refractivity contribution in [3.8, 4) is 0 Å². The fourth-order valence-corrected chi connectivity index (χ4v) is 3.47. The summed E-state index contributed by atoms with van der Waals surface area (Å²) in [5, 5.41) is 8.29. The van der Waals surface area contributed by atoms with Gasteiger partial charge in [0.05, 0.1) is 0 Å². The van der Waals surface area contributed by atoms with Crippen molar-refractivity contribution in [1.29, 1.82) is 0 Å². The molecule has 102 valence electrons. The molecule has 0 bridgehead atoms. The highest BCUT2D eigenvalue weighted by atomic mass is 32.1. The zero-order chi connectivity index (χ0) is 13.0. The van der Waals surface area contributed by atoms with Crippen molar-refractivity contribution >= 4 is 11.3 Å². The Morgan fingerprint density at radius 1 is 1.50 bits per heavy atom. The first kappa shape index (κ1) is 14.0. The zero-order valence-electron chi connectivity index (χ0n) is 11.9. The van der Waals surface area contributed by atoms with Crippen LogP contribution < -0.4 is 5.32 Å². The fourth-order valence-electron chi connectivity index (χ4n) is 2.62. The Bertz CT molecular complexity index is 361. The van der Waals surface area contributed by atoms with E-state index in [0.29, 0.717) is 6.04 Å². The fraction of sp³-hybridized carbons (Fsp3) is 0.733. The molecule has 0 aliphatic carbocycles. The molecule has 0 spiro atoms. The van der Waals surface area contributed by atoms with Crippen molar-refractivity contribution < 1.29 is 0 Å². The molecular weight excluding hydrogens is 240 g/mol. The summed E-state index contributed by atoms with van der Waals surface area (Å²) in [7, 11) is 0. The maximum absolute atomic E-state index is 3.72. The molecule has 3 heteroatoms. The average molecular weight is 266 g/mol. The zero-order valence-corrected chi connectivity index (χ0v) is 12.7. The average Bonchev–Trinajstić information content (AvgIpc) is 2.65. The van der Waals surface area contributed by atoms with Crippen LogP contribution >= 0.6 is 11.3 Å². The standard InChI is InChI=1S/C15H26N2S/c1-4-12(2)15-9-17(7-5-6-16-15)8-14-11-18-10-13(14)3/h10-12,15-16H,4-9H2,1-3H3. The summed E-state index contributed by atoms with van der Waals surface area (Å²) in [5.74, 6) is 0.772. The number of aryl methyl sites for hydroxylation is 1. The molecule has 2 atom stereocenters. The van der Waals surface area contributed by atoms with E-state index < -0.39 is 0 Å². The summed E-state index contributed by atoms with van der Waals surface area (Å²) in [6.07, 6.45) is 2.54. The third kappa shape index (κ3) is 3.56. The lowest BCUT2D eigenvalue weighted by Gasteiger charge is -2.28. The Kier molecular flexibility index (Phi) is 5.22. The van der Waals surface area contributed by atoms with Crippen molar-refractivity contribution in [2.75, 3.05) is 19.6 Å². The SMILES string of the molecule is CCC(C)C1CN(Cc2cscc2C)CCCN1. The van der Waals surface area contributed by atoms with Crippen LogP contribution in [0.3, 0.4) is 0 Å². The number of nitrogens with one attached hydrogen (secondary N) is 1. The number of rotatable bonds is 4. The lowest BCUT2D eigenvalue weighted by molar-refractivity contribution is 0.231. The van der Waals surface area contributed by atoms with Gasteiger partial charge in [0.25, 0.3) is 0 Å². The lowest BCUT2D eigenvalue weighted by Crippen LogP contribution is -2.41. The second-order valence-corrected chi connectivity index (χ2v) is 6.36. The van der Waals surface area contributed by atoms with Crippen LogP contribution in [0.1, 0.15) is 37.8 Å². The summed E-state index contributed by atoms with van der Waals surface area (Å²) >= 11 is 1.83. The molecule has 2 unspecified atom stereocenters. The number of hydrogen-bond donors (Lipinski definition) is 1. The molecule has 2 heterocycles. The maximum Gasteiger partial charge on any atom is 0.0245 e. The topological polar surface area (TPSA) is 15.3 Å². The van der Waals surface area contributed by atoms with Crippen LogP contribution in [-0.2, 0) is 6.54 Å². The van der Waals surface area contributed by atoms with Crippen LogP contribution in [0.5, 0.6) is 0 Å². The van der Waals surface area contributed by atoms with Gasteiger partial charge in [0.2, 0.25) is 0 Å². The van der Waals surface area contributed by atoms with E-state index in [9.17, 15) is 0 Å². The van der Waals surface area contributed by atoms with Gasteiger partial charge in [-0.1, -0.05) is 20.3 Å². The lowest BCUT2D eigenvalue weighted by atomic mass is 9.99. The molecule has 1 saturated heterocycles. The Hall–Kier alpha value is -0.380. The molecule has 1 aliphatic heterocycles. The third-order valence-electron chi connectivity index (χ3n) is 4.20. The van der Waals surface area contributed by atoms with Gasteiger partial charge in [0, 0.05) is 19.1 Å². The molecule has 0 saturated carbocycles. The molecule has 2 nitrogen and oxygen atoms in total. The van der Waals surface area contributed by atoms with Crippen LogP contribution in [0, 0.1) is 12.8 Å². The largest absolute Gasteiger partial charge is 0.312 e. The second-order valence-electron chi connectivity index (χ2n) is 5.61. The van der Waals surface area contributed by atoms with Gasteiger partial charge in [-0.15, -0.1) is 0 Å². The van der Waals surface area contributed by atoms with E-state index in [1.807, 2.05) is 11.3 Å². The van der Waals surface area contributed by atoms with Gasteiger partial charge in [-0.3, -0.25) is 4.90 Å². The Balaban J connectivity index is 1.97. The Morgan fingerprint density at radius 3 is 3.00 bits per heavy atom. The minimum absolute atomic E-state index is 0.663. The molecule has 1 aromatic rings. The summed E-state index contributed by atoms with van der Waals surface area (Å²) in [6, 6.07) is 0.663. The normalized spacial score (nSPS) is 23.8. The van der Waals surface area contributed by atoms with Crippen molar-refractivity contribution in [1.82, 2.24) is 10.2 Å². The number of nitrogens with zero attached hydrogens (tertiary/aromatic N) is 1. The minimum Gasteiger partial charge on any atom is -0.312 e. The summed E-state index contributed by atoms with van der Waals surface area (Å²) in [4.78, 5) is 2.63. The summed E-state index contributed by atoms with van der Waals surface area (Å²) in [5.41, 5.74) is 2.97. The van der Waals surface area contributed by atoms with Crippen molar-refractivity contribution in [2.45, 2.75) is 46.2 Å². The van der Waals surface area contributed by atoms with Gasteiger partial charge in [0.15, 0.2) is 0 Å². The summed E-state index contributed by atoms with van der Waals surface area (Å²) < 4.78 is 0. The van der Waals surface area contributed by atoms with E-state index in [0.717, 1.165) is 12.5 Å². The highest BCUT2D eigenvalue weighted by Gasteiger charge is 2.21. The third-order valence-corrected chi connectivity index (χ3v) is 5.11. The quantitative estimate of drug-likeness (QED) is 0.900. The first-order valence-corrected chi connectivity index (χ1v) is 8.12. The van der Waals surface area contributed by atoms with E-state index in [2.05, 4.69) is 41.7 Å². The molecular formula is C15H26N2S. The molecule has 0 radical (unpaired) electrons. The van der Waals surface area contributed by atoms with Gasteiger partial charge in [0.1, 0.15) is 0 Å². The van der Waals surface area contributed by atoms with Crippen molar-refractivity contribution in [3.05, 3.63) is 21.9 Å². The maximum atomic E-state index is 3.72. The van der Waals surface area contributed by atoms with E-state index in [4.69, 9.17) is 0 Å². The molecule has 0 amide bonds. The second kappa shape index (κ2) is 6.69. The first-order chi connectivity index (χ1) is 8.70. The van der Waals surface area contributed by atoms with Crippen LogP contribution in [0.4, 0.5) is 0 Å². The van der Waals surface area contributed by atoms with Gasteiger partial charge in [-0.05, 0) is 54.2 Å². The minimum atomic E-state index is 0.663. The monoisotopic (exact) mass is 266 g/mol. The van der Waals surface area contributed by atoms with Gasteiger partial charge >= 0.3 is 0 Å². The Morgan fingerprint density at radius 2 is 2.33 bits per heavy atom. The molecule has 2 rings (SSSR count). The van der Waals surface area contributed by atoms with Crippen LogP contribution in [-0.4, -0.2) is 30.6 Å². The predicted molar refractivity (Wildman–Crippen MR) is 80.2 cm³/mol. The van der Waals surface area contributed by atoms with E-state index in [-0.39, 0.29) is 0 Å². The van der Waals surface area contributed by atoms with Crippen molar-refractivity contribution in [2.24, 2.45) is 5.92 Å². The smallest absolute Gasteiger partial charge is 0.0245 e. The highest BCUT2D eigenvalue weighted by molar-refractivity contribution is 7.08.